The van der Waals surface area contributed by atoms with Crippen molar-refractivity contribution in [2.24, 2.45) is 0 Å². The zero-order valence-corrected chi connectivity index (χ0v) is 19.3. The minimum Gasteiger partial charge on any atom is -0.481 e. The van der Waals surface area contributed by atoms with Crippen LogP contribution in [0.3, 0.4) is 0 Å². The molecule has 0 spiro atoms. The minimum atomic E-state index is -1.07. The van der Waals surface area contributed by atoms with Crippen molar-refractivity contribution in [2.45, 2.75) is 44.7 Å². The molecule has 4 rings (SSSR count). The molecule has 0 aliphatic heterocycles. The van der Waals surface area contributed by atoms with Crippen LogP contribution in [0.1, 0.15) is 48.5 Å². The number of carbonyl (C=O) groups is 3. The molecule has 0 bridgehead atoms. The molecule has 4 N–H and O–H groups in total. The molecule has 1 atom stereocenters. The van der Waals surface area contributed by atoms with E-state index >= 15 is 0 Å². The fourth-order valence-corrected chi connectivity index (χ4v) is 4.19. The van der Waals surface area contributed by atoms with Crippen LogP contribution < -0.4 is 10.6 Å². The van der Waals surface area contributed by atoms with Gasteiger partial charge >= 0.3 is 12.1 Å². The van der Waals surface area contributed by atoms with Crippen LogP contribution in [-0.4, -0.2) is 50.9 Å². The van der Waals surface area contributed by atoms with Gasteiger partial charge in [-0.05, 0) is 28.7 Å². The molecule has 10 heteroatoms. The number of aryl methyl sites for hydroxylation is 1. The molecule has 0 radical (unpaired) electrons. The number of fused-ring (bicyclic) bond motifs is 3. The lowest BCUT2D eigenvalue weighted by molar-refractivity contribution is -0.137. The summed E-state index contributed by atoms with van der Waals surface area (Å²) < 4.78 is 5.50. The predicted octanol–water partition coefficient (Wildman–Crippen LogP) is 2.76. The summed E-state index contributed by atoms with van der Waals surface area (Å²) in [5.41, 5.74) is 4.35. The second-order valence-corrected chi connectivity index (χ2v) is 8.22. The number of carbonyl (C=O) groups excluding carboxylic acids is 2. The van der Waals surface area contributed by atoms with Gasteiger partial charge in [0, 0.05) is 18.8 Å². The maximum Gasteiger partial charge on any atom is 0.407 e. The molecule has 10 nitrogen and oxygen atoms in total. The average Bonchev–Trinajstić information content (AvgIpc) is 3.46. The van der Waals surface area contributed by atoms with Gasteiger partial charge in [0.25, 0.3) is 0 Å². The van der Waals surface area contributed by atoms with Gasteiger partial charge in [0.05, 0.1) is 6.54 Å². The highest BCUT2D eigenvalue weighted by Crippen LogP contribution is 2.44. The molecule has 1 aliphatic carbocycles. The second-order valence-electron chi connectivity index (χ2n) is 8.22. The summed E-state index contributed by atoms with van der Waals surface area (Å²) in [6, 6.07) is 14.9. The number of carboxylic acids is 1. The lowest BCUT2D eigenvalue weighted by Crippen LogP contribution is -2.47. The summed E-state index contributed by atoms with van der Waals surface area (Å²) in [7, 11) is 0. The normalized spacial score (nSPS) is 12.9. The molecule has 0 fully saturated rings. The molecule has 3 aromatic rings. The highest BCUT2D eigenvalue weighted by molar-refractivity contribution is 5.86. The molecule has 1 aromatic heterocycles. The van der Waals surface area contributed by atoms with Crippen LogP contribution in [0.4, 0.5) is 4.79 Å². The van der Waals surface area contributed by atoms with E-state index in [9.17, 15) is 14.4 Å². The van der Waals surface area contributed by atoms with E-state index in [1.807, 2.05) is 55.5 Å². The zero-order chi connectivity index (χ0) is 24.8. The molecular formula is C25H27N5O5. The van der Waals surface area contributed by atoms with E-state index in [0.717, 1.165) is 22.3 Å². The number of benzene rings is 2. The van der Waals surface area contributed by atoms with Crippen molar-refractivity contribution >= 4 is 18.0 Å². The number of aliphatic carboxylic acids is 1. The van der Waals surface area contributed by atoms with Crippen LogP contribution in [0.5, 0.6) is 0 Å². The van der Waals surface area contributed by atoms with Crippen molar-refractivity contribution in [3.05, 3.63) is 71.3 Å². The fourth-order valence-electron chi connectivity index (χ4n) is 4.19. The number of amides is 2. The van der Waals surface area contributed by atoms with Gasteiger partial charge in [-0.15, -0.1) is 0 Å². The van der Waals surface area contributed by atoms with Crippen molar-refractivity contribution in [3.8, 4) is 11.1 Å². The molecule has 182 valence electrons. The Hall–Kier alpha value is -4.21. The van der Waals surface area contributed by atoms with Crippen molar-refractivity contribution in [3.63, 3.8) is 0 Å². The zero-order valence-electron chi connectivity index (χ0n) is 19.3. The van der Waals surface area contributed by atoms with Gasteiger partial charge < -0.3 is 20.5 Å². The van der Waals surface area contributed by atoms with Crippen LogP contribution >= 0.6 is 0 Å². The first-order chi connectivity index (χ1) is 17.0. The van der Waals surface area contributed by atoms with Gasteiger partial charge in [-0.1, -0.05) is 55.5 Å². The van der Waals surface area contributed by atoms with E-state index in [1.165, 1.54) is 0 Å². The number of aromatic nitrogens is 3. The summed E-state index contributed by atoms with van der Waals surface area (Å²) >= 11 is 0. The SMILES string of the molecule is CCc1n[nH]c(CNC(=O)C(CCC(=O)O)NC(=O)OCC2c3ccccc3-c3ccccc32)n1. The van der Waals surface area contributed by atoms with Gasteiger partial charge in [-0.25, -0.2) is 9.78 Å². The Morgan fingerprint density at radius 3 is 2.34 bits per heavy atom. The highest BCUT2D eigenvalue weighted by Gasteiger charge is 2.30. The maximum absolute atomic E-state index is 12.7. The summed E-state index contributed by atoms with van der Waals surface area (Å²) in [5, 5.41) is 20.9. The Balaban J connectivity index is 1.38. The molecule has 0 saturated heterocycles. The second kappa shape index (κ2) is 10.8. The van der Waals surface area contributed by atoms with Gasteiger partial charge in [0.15, 0.2) is 5.82 Å². The smallest absolute Gasteiger partial charge is 0.407 e. The number of alkyl carbamates (subject to hydrolysis) is 1. The lowest BCUT2D eigenvalue weighted by Gasteiger charge is -2.19. The number of hydrogen-bond donors (Lipinski definition) is 4. The molecule has 1 unspecified atom stereocenters. The summed E-state index contributed by atoms with van der Waals surface area (Å²) in [4.78, 5) is 40.6. The Labute approximate surface area is 202 Å². The van der Waals surface area contributed by atoms with Crippen LogP contribution in [0.25, 0.3) is 11.1 Å². The van der Waals surface area contributed by atoms with E-state index in [2.05, 4.69) is 25.8 Å². The van der Waals surface area contributed by atoms with E-state index in [-0.39, 0.29) is 31.9 Å². The summed E-state index contributed by atoms with van der Waals surface area (Å²) in [5.74, 6) is -0.644. The third-order valence-electron chi connectivity index (χ3n) is 5.92. The van der Waals surface area contributed by atoms with E-state index in [0.29, 0.717) is 18.1 Å². The summed E-state index contributed by atoms with van der Waals surface area (Å²) in [6.07, 6.45) is -0.508. The topological polar surface area (TPSA) is 146 Å². The number of aromatic amines is 1. The molecule has 0 saturated carbocycles. The van der Waals surface area contributed by atoms with Crippen molar-refractivity contribution in [1.82, 2.24) is 25.8 Å². The lowest BCUT2D eigenvalue weighted by atomic mass is 9.98. The number of hydrogen-bond acceptors (Lipinski definition) is 6. The number of H-pyrrole nitrogens is 1. The molecule has 1 heterocycles. The Morgan fingerprint density at radius 2 is 1.74 bits per heavy atom. The fraction of sp³-hybridized carbons (Fsp3) is 0.320. The first-order valence-corrected chi connectivity index (χ1v) is 11.5. The number of carboxylic acid groups (broad SMARTS) is 1. The third kappa shape index (κ3) is 5.65. The third-order valence-corrected chi connectivity index (χ3v) is 5.92. The minimum absolute atomic E-state index is 0.0712. The van der Waals surface area contributed by atoms with Gasteiger partial charge in [0.2, 0.25) is 5.91 Å². The first-order valence-electron chi connectivity index (χ1n) is 11.5. The molecule has 35 heavy (non-hydrogen) atoms. The van der Waals surface area contributed by atoms with Gasteiger partial charge in [0.1, 0.15) is 18.5 Å². The van der Waals surface area contributed by atoms with E-state index in [4.69, 9.17) is 9.84 Å². The van der Waals surface area contributed by atoms with Crippen LogP contribution in [0, 0.1) is 0 Å². The number of ether oxygens (including phenoxy) is 1. The van der Waals surface area contributed by atoms with E-state index < -0.39 is 24.0 Å². The maximum atomic E-state index is 12.7. The number of rotatable bonds is 10. The van der Waals surface area contributed by atoms with Crippen LogP contribution in [0.2, 0.25) is 0 Å². The Bertz CT molecular complexity index is 1180. The average molecular weight is 478 g/mol. The number of nitrogens with one attached hydrogen (secondary N) is 3. The van der Waals surface area contributed by atoms with Crippen LogP contribution in [-0.2, 0) is 27.3 Å². The van der Waals surface area contributed by atoms with E-state index in [1.54, 1.807) is 0 Å². The Morgan fingerprint density at radius 1 is 1.09 bits per heavy atom. The van der Waals surface area contributed by atoms with Crippen LogP contribution in [0.15, 0.2) is 48.5 Å². The van der Waals surface area contributed by atoms with Crippen molar-refractivity contribution in [2.75, 3.05) is 6.61 Å². The predicted molar refractivity (Wildman–Crippen MR) is 126 cm³/mol. The number of nitrogens with zero attached hydrogens (tertiary/aromatic N) is 2. The van der Waals surface area contributed by atoms with Crippen molar-refractivity contribution in [1.29, 1.82) is 0 Å². The monoisotopic (exact) mass is 477 g/mol. The first kappa shape index (κ1) is 23.9. The van der Waals surface area contributed by atoms with Crippen molar-refractivity contribution < 1.29 is 24.2 Å². The van der Waals surface area contributed by atoms with Gasteiger partial charge in [-0.2, -0.15) is 5.10 Å². The highest BCUT2D eigenvalue weighted by atomic mass is 16.5. The standard InChI is InChI=1S/C25H27N5O5/c1-2-21-28-22(30-29-21)13-26-24(33)20(11-12-23(31)32)27-25(34)35-14-19-17-9-5-3-7-15(17)16-8-4-6-10-18(16)19/h3-10,19-20H,2,11-14H2,1H3,(H,26,33)(H,27,34)(H,31,32)(H,28,29,30). The molecule has 2 amide bonds. The Kier molecular flexibility index (Phi) is 7.39. The largest absolute Gasteiger partial charge is 0.481 e. The molecule has 2 aromatic carbocycles. The van der Waals surface area contributed by atoms with Gasteiger partial charge in [-0.3, -0.25) is 14.7 Å². The molecular weight excluding hydrogens is 450 g/mol. The summed E-state index contributed by atoms with van der Waals surface area (Å²) in [6.45, 7) is 2.07. The quantitative estimate of drug-likeness (QED) is 0.351. The molecule has 1 aliphatic rings.